The number of ether oxygens (including phenoxy) is 5. The van der Waals surface area contributed by atoms with Gasteiger partial charge in [-0.3, -0.25) is 48.1 Å². The zero-order valence-corrected chi connectivity index (χ0v) is 72.8. The summed E-state index contributed by atoms with van der Waals surface area (Å²) < 4.78 is 52.1. The molecule has 2 aliphatic heterocycles. The maximum atomic E-state index is 13.2. The quantitative estimate of drug-likeness (QED) is 0.00302. The fourth-order valence-corrected chi connectivity index (χ4v) is 13.7. The number of carbonyl (C=O) groups is 9. The Hall–Kier alpha value is -12.3. The molecule has 123 heavy (non-hydrogen) atoms. The van der Waals surface area contributed by atoms with E-state index in [-0.39, 0.29) is 166 Å². The molecule has 3 aliphatic rings. The highest BCUT2D eigenvalue weighted by molar-refractivity contribution is 7.58. The predicted octanol–water partition coefficient (Wildman–Crippen LogP) is 10.2. The number of alkyl carbamates (subject to hydrolysis) is 1. The van der Waals surface area contributed by atoms with Crippen LogP contribution in [-0.4, -0.2) is 240 Å². The van der Waals surface area contributed by atoms with Crippen molar-refractivity contribution in [3.8, 4) is 45.7 Å². The lowest BCUT2D eigenvalue weighted by Gasteiger charge is -2.39. The number of hydrogen-bond acceptors (Lipinski definition) is 28. The molecule has 2 atom stereocenters. The van der Waals surface area contributed by atoms with Crippen LogP contribution in [0.1, 0.15) is 165 Å². The summed E-state index contributed by atoms with van der Waals surface area (Å²) >= 11 is 0. The van der Waals surface area contributed by atoms with Gasteiger partial charge in [0, 0.05) is 158 Å². The molecule has 2 unspecified atom stereocenters. The number of hydrogen-bond donors (Lipinski definition) is 6. The second kappa shape index (κ2) is 53.5. The third-order valence-corrected chi connectivity index (χ3v) is 22.1. The van der Waals surface area contributed by atoms with E-state index in [4.69, 9.17) is 39.4 Å². The molecule has 5 amide bonds. The van der Waals surface area contributed by atoms with Crippen molar-refractivity contribution < 1.29 is 91.0 Å². The van der Waals surface area contributed by atoms with Gasteiger partial charge in [-0.15, -0.1) is 5.10 Å². The number of nitrogens with two attached hydrogens (primary N) is 1. The number of piperazine rings is 1. The van der Waals surface area contributed by atoms with Crippen LogP contribution < -0.4 is 51.1 Å². The Morgan fingerprint density at radius 2 is 1.41 bits per heavy atom. The molecule has 0 spiro atoms. The first kappa shape index (κ1) is 101. The SMILES string of the molecule is CC(=O)CCN=[N+]=[N-].CCCCCCCC(C)=O.COc1cc(C(CCN(C)C(=O)CCCCC(=O)NCCOCCOc2nc(N(C)CC(N)=O)nc(N3CCN(P(C)(=O)N(C)C)CC3)n2)OC(=O)NCCCCCC(=O)NCc2cn(CCC(C)=O)nn2)c([N+](=O)[O-])cc1OC.O=C(O)c1ccccc1-c1c2ccc(=O)cc-2oc2cc(O)ccc12. The second-order valence-corrected chi connectivity index (χ2v) is 32.1. The van der Waals surface area contributed by atoms with Gasteiger partial charge in [0.25, 0.3) is 5.69 Å². The summed E-state index contributed by atoms with van der Waals surface area (Å²) in [4.78, 5) is 151. The second-order valence-electron chi connectivity index (χ2n) is 29.1. The molecule has 1 fully saturated rings. The molecular weight excluding hydrogens is 1620 g/mol. The number of aromatic carboxylic acids is 1. The molecule has 41 heteroatoms. The Balaban J connectivity index is 0.000000499. The van der Waals surface area contributed by atoms with E-state index in [9.17, 15) is 72.8 Å². The first-order valence-corrected chi connectivity index (χ1v) is 42.5. The Labute approximate surface area is 713 Å². The zero-order valence-electron chi connectivity index (χ0n) is 71.9. The van der Waals surface area contributed by atoms with Gasteiger partial charge in [0.15, 0.2) is 16.9 Å². The lowest BCUT2D eigenvalue weighted by atomic mass is 9.91. The third kappa shape index (κ3) is 35.8. The van der Waals surface area contributed by atoms with E-state index in [2.05, 4.69) is 58.2 Å². The Morgan fingerprint density at radius 1 is 0.756 bits per heavy atom. The molecule has 3 aromatic carbocycles. The number of aryl methyl sites for hydroxylation is 1. The minimum atomic E-state index is -2.67. The van der Waals surface area contributed by atoms with Crippen LogP contribution in [-0.2, 0) is 60.7 Å². The minimum Gasteiger partial charge on any atom is -0.508 e. The number of carboxylic acids is 1. The smallest absolute Gasteiger partial charge is 0.407 e. The average Bonchev–Trinajstić information content (AvgIpc) is 0.862. The first-order valence-electron chi connectivity index (χ1n) is 40.4. The van der Waals surface area contributed by atoms with Gasteiger partial charge in [-0.1, -0.05) is 67.6 Å². The number of methoxy groups -OCH3 is 2. The molecule has 1 aliphatic carbocycles. The summed E-state index contributed by atoms with van der Waals surface area (Å²) in [6.45, 7) is 12.2. The number of nitro groups is 1. The van der Waals surface area contributed by atoms with Gasteiger partial charge in [-0.2, -0.15) is 15.0 Å². The number of aromatic nitrogens is 6. The van der Waals surface area contributed by atoms with Gasteiger partial charge in [0.05, 0.1) is 68.8 Å². The number of aromatic hydroxyl groups is 1. The molecule has 0 radical (unpaired) electrons. The highest BCUT2D eigenvalue weighted by Gasteiger charge is 2.34. The van der Waals surface area contributed by atoms with Gasteiger partial charge < -0.3 is 84.3 Å². The van der Waals surface area contributed by atoms with Gasteiger partial charge in [0.1, 0.15) is 52.8 Å². The Morgan fingerprint density at radius 3 is 2.07 bits per heavy atom. The monoisotopic (exact) mass is 1730 g/mol. The summed E-state index contributed by atoms with van der Waals surface area (Å²) in [7, 11) is 6.79. The number of Topliss-reactive ketones (excluding diaryl/α,β-unsaturated/α-hetero) is 3. The van der Waals surface area contributed by atoms with Gasteiger partial charge >= 0.3 is 18.1 Å². The maximum absolute atomic E-state index is 13.2. The fourth-order valence-electron chi connectivity index (χ4n) is 12.2. The number of nitrogens with zero attached hydrogens (tertiary/aromatic N) is 15. The van der Waals surface area contributed by atoms with E-state index >= 15 is 0 Å². The maximum Gasteiger partial charge on any atom is 0.407 e. The fraction of sp³-hybridized carbons (Fsp3) is 0.524. The van der Waals surface area contributed by atoms with E-state index < -0.39 is 36.4 Å². The predicted molar refractivity (Wildman–Crippen MR) is 459 cm³/mol. The van der Waals surface area contributed by atoms with Crippen molar-refractivity contribution in [1.82, 2.24) is 60.1 Å². The topological polar surface area (TPSA) is 527 Å². The van der Waals surface area contributed by atoms with Crippen molar-refractivity contribution in [3.63, 3.8) is 0 Å². The molecule has 4 heterocycles. The number of amides is 5. The van der Waals surface area contributed by atoms with Crippen LogP contribution in [0.25, 0.3) is 43.9 Å². The molecular formula is C82H116N19O21P. The third-order valence-electron chi connectivity index (χ3n) is 19.1. The molecule has 0 saturated carbocycles. The number of likely N-dealkylation sites (N-methyl/N-ethyl adjacent to an activating group) is 1. The molecule has 670 valence electrons. The highest BCUT2D eigenvalue weighted by atomic mass is 31.2. The largest absolute Gasteiger partial charge is 0.508 e. The Bertz CT molecular complexity index is 4780. The van der Waals surface area contributed by atoms with Crippen LogP contribution in [0.3, 0.4) is 0 Å². The summed E-state index contributed by atoms with van der Waals surface area (Å²) in [5.41, 5.74) is 15.5. The summed E-state index contributed by atoms with van der Waals surface area (Å²) in [5, 5.41) is 51.6. The first-order chi connectivity index (χ1) is 58.7. The number of fused-ring (bicyclic) bond motifs is 2. The molecule has 1 saturated heterocycles. The number of primary amides is 1. The number of unbranched alkanes of at least 4 members (excludes halogenated alkanes) is 7. The number of nitrogens with one attached hydrogen (secondary N) is 3. The summed E-state index contributed by atoms with van der Waals surface area (Å²) in [5.74, 6) is -0.713. The van der Waals surface area contributed by atoms with Crippen molar-refractivity contribution >= 4 is 89.0 Å². The van der Waals surface area contributed by atoms with E-state index in [1.54, 1.807) is 87.7 Å². The number of benzene rings is 4. The van der Waals surface area contributed by atoms with Gasteiger partial charge in [-0.05, 0) is 114 Å². The van der Waals surface area contributed by atoms with Crippen LogP contribution in [0, 0.1) is 10.1 Å². The normalized spacial score (nSPS) is 12.4. The van der Waals surface area contributed by atoms with Crippen LogP contribution in [0.15, 0.2) is 93.3 Å². The Kier molecular flexibility index (Phi) is 44.1. The van der Waals surface area contributed by atoms with Crippen molar-refractivity contribution in [2.45, 2.75) is 156 Å². The van der Waals surface area contributed by atoms with Crippen molar-refractivity contribution in [3.05, 3.63) is 127 Å². The minimum absolute atomic E-state index is 0.0111. The molecule has 40 nitrogen and oxygen atoms in total. The van der Waals surface area contributed by atoms with Crippen LogP contribution in [0.2, 0.25) is 0 Å². The molecule has 2 aromatic heterocycles. The number of phenolic OH excluding ortho intramolecular Hbond substituents is 1. The number of carboxylic acid groups (broad SMARTS) is 1. The molecule has 8 rings (SSSR count). The number of carbonyl (C=O) groups excluding carboxylic acids is 8. The average molecular weight is 1730 g/mol. The standard InChI is InChI=1S/C49H79N16O14P.C20H12O5.C9H18O.C4H7N3O/c1-35(66)17-22-63-33-36(57-58-63)32-53-44(69)14-10-9-13-19-52-49(71)79-39(37-30-40(75-6)41(76-7)31-38(37)65(72)73)18-21-60(4)45(70)16-12-11-15-43(68)51-20-27-77-28-29-78-48-55-46(61(5)34-42(50)67)54-47(56-48)62-23-25-64(26-24-62)80(8,74)59(2)3;21-11-5-7-15-17(9-11)25-18-10-12(22)6-8-16(18)19(15)13-3-1-2-4-14(13)20(23)24;1-3-4-5-6-7-8-9(2)10;1-4(8)2-3-6-7-5/h30-31,33,39H,9-29,32,34H2,1-8H3,(H2,50,67)(H,51,68)(H,52,71)(H,53,69);1-10,21H,(H,23,24);3-8H2,1-2H3;2-3H2,1H3. The molecule has 0 bridgehead atoms. The van der Waals surface area contributed by atoms with E-state index in [1.165, 1.54) is 106 Å². The van der Waals surface area contributed by atoms with Crippen LogP contribution >= 0.6 is 7.44 Å². The van der Waals surface area contributed by atoms with E-state index in [0.29, 0.717) is 129 Å². The van der Waals surface area contributed by atoms with Crippen molar-refractivity contribution in [2.75, 3.05) is 138 Å². The number of nitro benzene ring substituents is 1. The van der Waals surface area contributed by atoms with Crippen molar-refractivity contribution in [2.24, 2.45) is 10.8 Å². The summed E-state index contributed by atoms with van der Waals surface area (Å²) in [6, 6.07) is 18.2. The van der Waals surface area contributed by atoms with Gasteiger partial charge in [-0.25, -0.2) is 18.9 Å². The number of phenols is 1. The number of rotatable bonds is 48. The highest BCUT2D eigenvalue weighted by Crippen LogP contribution is 2.48. The lowest BCUT2D eigenvalue weighted by molar-refractivity contribution is -0.386. The number of azide groups is 1. The van der Waals surface area contributed by atoms with Crippen molar-refractivity contribution in [1.29, 1.82) is 0 Å². The van der Waals surface area contributed by atoms with E-state index in [0.717, 1.165) is 12.8 Å². The lowest BCUT2D eigenvalue weighted by Crippen LogP contribution is -2.47. The van der Waals surface area contributed by atoms with Gasteiger partial charge in [0.2, 0.25) is 43.0 Å². The van der Waals surface area contributed by atoms with Crippen LogP contribution in [0.5, 0.6) is 23.3 Å². The van der Waals surface area contributed by atoms with Crippen LogP contribution in [0.4, 0.5) is 22.4 Å². The summed E-state index contributed by atoms with van der Waals surface area (Å²) in [6.07, 6.45) is 10.3. The number of anilines is 2. The molecule has 7 N–H and O–H groups in total. The molecule has 5 aromatic rings. The zero-order chi connectivity index (χ0) is 90.6. The number of ketones is 3. The van der Waals surface area contributed by atoms with E-state index in [1.807, 2.05) is 9.57 Å².